The molecule has 0 radical (unpaired) electrons. The topological polar surface area (TPSA) is 97.8 Å². The Morgan fingerprint density at radius 2 is 2.00 bits per heavy atom. The van der Waals surface area contributed by atoms with Crippen molar-refractivity contribution in [1.82, 2.24) is 10.3 Å². The van der Waals surface area contributed by atoms with E-state index in [1.54, 1.807) is 36.7 Å². The number of amides is 2. The first-order valence-electron chi connectivity index (χ1n) is 11.8. The van der Waals surface area contributed by atoms with E-state index >= 15 is 0 Å². The smallest absolute Gasteiger partial charge is 0.265 e. The van der Waals surface area contributed by atoms with Crippen molar-refractivity contribution in [3.8, 4) is 11.5 Å². The summed E-state index contributed by atoms with van der Waals surface area (Å²) in [6.45, 7) is 6.06. The van der Waals surface area contributed by atoms with Crippen LogP contribution in [0.2, 0.25) is 0 Å². The minimum Gasteiger partial charge on any atom is -0.485 e. The molecular weight excluding hydrogens is 458 g/mol. The minimum atomic E-state index is -0.361. The molecule has 8 heteroatoms. The molecule has 1 aliphatic rings. The van der Waals surface area contributed by atoms with Crippen molar-refractivity contribution in [2.45, 2.75) is 33.2 Å². The van der Waals surface area contributed by atoms with Crippen molar-refractivity contribution in [1.29, 1.82) is 0 Å². The zero-order valence-corrected chi connectivity index (χ0v) is 20.6. The summed E-state index contributed by atoms with van der Waals surface area (Å²) < 4.78 is 11.2. The minimum absolute atomic E-state index is 0.153. The van der Waals surface area contributed by atoms with Gasteiger partial charge >= 0.3 is 0 Å². The number of nitrogens with zero attached hydrogens (tertiary/aromatic N) is 2. The van der Waals surface area contributed by atoms with Crippen LogP contribution in [0.4, 0.5) is 5.69 Å². The fourth-order valence-corrected chi connectivity index (χ4v) is 4.07. The lowest BCUT2D eigenvalue weighted by atomic mass is 9.98. The van der Waals surface area contributed by atoms with Gasteiger partial charge in [0.1, 0.15) is 18.0 Å². The third-order valence-corrected chi connectivity index (χ3v) is 5.97. The molecule has 0 unspecified atom stereocenters. The maximum atomic E-state index is 12.9. The second-order valence-corrected chi connectivity index (χ2v) is 8.97. The molecule has 2 amide bonds. The fraction of sp³-hybridized carbons (Fsp3) is 0.286. The molecule has 0 bridgehead atoms. The maximum Gasteiger partial charge on any atom is 0.265 e. The van der Waals surface area contributed by atoms with Crippen molar-refractivity contribution in [2.75, 3.05) is 24.7 Å². The Balaban J connectivity index is 1.43. The van der Waals surface area contributed by atoms with Gasteiger partial charge in [-0.1, -0.05) is 26.0 Å². The van der Waals surface area contributed by atoms with Crippen LogP contribution >= 0.6 is 0 Å². The van der Waals surface area contributed by atoms with Crippen LogP contribution in [0, 0.1) is 6.92 Å². The number of Topliss-reactive ketones (excluding diaryl/α,β-unsaturated/α-hetero) is 1. The molecule has 0 spiro atoms. The summed E-state index contributed by atoms with van der Waals surface area (Å²) in [4.78, 5) is 43.4. The average Bonchev–Trinajstić information content (AvgIpc) is 2.88. The highest BCUT2D eigenvalue weighted by Gasteiger charge is 2.28. The summed E-state index contributed by atoms with van der Waals surface area (Å²) >= 11 is 0. The molecule has 1 aromatic heterocycles. The second kappa shape index (κ2) is 11.0. The summed E-state index contributed by atoms with van der Waals surface area (Å²) in [6.07, 6.45) is 3.32. The van der Waals surface area contributed by atoms with E-state index < -0.39 is 0 Å². The molecule has 1 N–H and O–H groups in total. The van der Waals surface area contributed by atoms with Crippen molar-refractivity contribution in [3.05, 3.63) is 83.2 Å². The molecule has 0 saturated carbocycles. The quantitative estimate of drug-likeness (QED) is 0.461. The number of aryl methyl sites for hydroxylation is 1. The summed E-state index contributed by atoms with van der Waals surface area (Å²) in [6, 6.07) is 14.3. The number of pyridine rings is 1. The maximum absolute atomic E-state index is 12.9. The van der Waals surface area contributed by atoms with Crippen LogP contribution in [0.5, 0.6) is 11.5 Å². The van der Waals surface area contributed by atoms with Crippen LogP contribution in [0.15, 0.2) is 60.9 Å². The van der Waals surface area contributed by atoms with Crippen molar-refractivity contribution in [2.24, 2.45) is 0 Å². The largest absolute Gasteiger partial charge is 0.485 e. The Morgan fingerprint density at radius 3 is 2.72 bits per heavy atom. The normalized spacial score (nSPS) is 12.7. The van der Waals surface area contributed by atoms with Crippen LogP contribution in [0.1, 0.15) is 46.8 Å². The highest BCUT2D eigenvalue weighted by Crippen LogP contribution is 2.33. The number of ketones is 1. The van der Waals surface area contributed by atoms with E-state index in [9.17, 15) is 14.4 Å². The first-order chi connectivity index (χ1) is 17.3. The van der Waals surface area contributed by atoms with E-state index in [2.05, 4.69) is 24.1 Å². The van der Waals surface area contributed by atoms with Crippen LogP contribution < -0.4 is 19.7 Å². The van der Waals surface area contributed by atoms with Crippen molar-refractivity contribution in [3.63, 3.8) is 0 Å². The first-order valence-corrected chi connectivity index (χ1v) is 11.8. The highest BCUT2D eigenvalue weighted by molar-refractivity contribution is 6.04. The molecular formula is C28H29N3O5. The number of ether oxygens (including phenoxy) is 2. The zero-order chi connectivity index (χ0) is 25.7. The Kier molecular flexibility index (Phi) is 7.63. The Hall–Kier alpha value is -4.20. The lowest BCUT2D eigenvalue weighted by Crippen LogP contribution is -2.45. The summed E-state index contributed by atoms with van der Waals surface area (Å²) in [5, 5.41) is 2.79. The van der Waals surface area contributed by atoms with Gasteiger partial charge in [0.15, 0.2) is 19.0 Å². The fourth-order valence-electron chi connectivity index (χ4n) is 4.07. The van der Waals surface area contributed by atoms with Gasteiger partial charge in [-0.15, -0.1) is 0 Å². The molecule has 0 fully saturated rings. The number of hydrogen-bond donors (Lipinski definition) is 1. The number of aromatic nitrogens is 1. The Labute approximate surface area is 210 Å². The number of anilines is 1. The molecule has 1 aliphatic heterocycles. The van der Waals surface area contributed by atoms with E-state index in [1.165, 1.54) is 10.5 Å². The number of carbonyl (C=O) groups excluding carboxylic acids is 3. The first kappa shape index (κ1) is 24.9. The molecule has 36 heavy (non-hydrogen) atoms. The molecule has 2 heterocycles. The van der Waals surface area contributed by atoms with E-state index in [-0.39, 0.29) is 37.4 Å². The Morgan fingerprint density at radius 1 is 1.17 bits per heavy atom. The van der Waals surface area contributed by atoms with Crippen LogP contribution in [-0.2, 0) is 16.1 Å². The highest BCUT2D eigenvalue weighted by atomic mass is 16.5. The third kappa shape index (κ3) is 5.89. The monoisotopic (exact) mass is 487 g/mol. The van der Waals surface area contributed by atoms with E-state index in [0.717, 1.165) is 11.1 Å². The van der Waals surface area contributed by atoms with Gasteiger partial charge in [-0.2, -0.15) is 0 Å². The van der Waals surface area contributed by atoms with Crippen LogP contribution in [-0.4, -0.2) is 42.3 Å². The van der Waals surface area contributed by atoms with Gasteiger partial charge in [0.05, 0.1) is 5.69 Å². The molecule has 2 aromatic carbocycles. The number of rotatable bonds is 9. The van der Waals surface area contributed by atoms with Gasteiger partial charge in [0, 0.05) is 24.5 Å². The lowest BCUT2D eigenvalue weighted by molar-refractivity contribution is -0.125. The van der Waals surface area contributed by atoms with E-state index in [0.29, 0.717) is 35.2 Å². The second-order valence-electron chi connectivity index (χ2n) is 8.97. The summed E-state index contributed by atoms with van der Waals surface area (Å²) in [5.74, 6) is 0.519. The van der Waals surface area contributed by atoms with Gasteiger partial charge < -0.3 is 14.8 Å². The SMILES string of the molecule is Cc1cc(OCC(=O)c2ccc3c(c2)N(CC(=O)NCc2cccnc2)C(=O)CO3)ccc1C(C)C. The van der Waals surface area contributed by atoms with E-state index in [1.807, 2.05) is 31.2 Å². The number of carbonyl (C=O) groups is 3. The van der Waals surface area contributed by atoms with Crippen molar-refractivity contribution < 1.29 is 23.9 Å². The number of nitrogens with one attached hydrogen (secondary N) is 1. The number of hydrogen-bond acceptors (Lipinski definition) is 6. The summed E-state index contributed by atoms with van der Waals surface area (Å²) in [5.41, 5.74) is 3.94. The van der Waals surface area contributed by atoms with Gasteiger partial charge in [0.2, 0.25) is 5.91 Å². The standard InChI is InChI=1S/C28H29N3O5/c1-18(2)23-8-7-22(11-19(23)3)35-16-25(32)21-6-9-26-24(12-21)31(28(34)17-36-26)15-27(33)30-14-20-5-4-10-29-13-20/h4-13,18H,14-17H2,1-3H3,(H,30,33). The zero-order valence-electron chi connectivity index (χ0n) is 20.6. The van der Waals surface area contributed by atoms with Gasteiger partial charge in [-0.25, -0.2) is 0 Å². The summed E-state index contributed by atoms with van der Waals surface area (Å²) in [7, 11) is 0. The Bertz CT molecular complexity index is 1270. The predicted octanol–water partition coefficient (Wildman–Crippen LogP) is 3.82. The average molecular weight is 488 g/mol. The lowest BCUT2D eigenvalue weighted by Gasteiger charge is -2.29. The van der Waals surface area contributed by atoms with Crippen molar-refractivity contribution >= 4 is 23.3 Å². The predicted molar refractivity (Wildman–Crippen MR) is 135 cm³/mol. The van der Waals surface area contributed by atoms with Gasteiger partial charge in [0.25, 0.3) is 5.91 Å². The molecule has 0 saturated heterocycles. The van der Waals surface area contributed by atoms with Crippen LogP contribution in [0.25, 0.3) is 0 Å². The molecule has 3 aromatic rings. The van der Waals surface area contributed by atoms with Crippen LogP contribution in [0.3, 0.4) is 0 Å². The van der Waals surface area contributed by atoms with Gasteiger partial charge in [-0.3, -0.25) is 24.3 Å². The molecule has 0 aliphatic carbocycles. The van der Waals surface area contributed by atoms with E-state index in [4.69, 9.17) is 9.47 Å². The van der Waals surface area contributed by atoms with Gasteiger partial charge in [-0.05, 0) is 65.9 Å². The molecule has 186 valence electrons. The molecule has 8 nitrogen and oxygen atoms in total. The molecule has 0 atom stereocenters. The number of benzene rings is 2. The third-order valence-electron chi connectivity index (χ3n) is 5.97. The number of fused-ring (bicyclic) bond motifs is 1. The molecule has 4 rings (SSSR count).